The fourth-order valence-electron chi connectivity index (χ4n) is 6.60. The Labute approximate surface area is 212 Å². The lowest BCUT2D eigenvalue weighted by Gasteiger charge is -2.09. The van der Waals surface area contributed by atoms with Crippen LogP contribution in [0, 0.1) is 0 Å². The van der Waals surface area contributed by atoms with Gasteiger partial charge in [-0.1, -0.05) is 103 Å². The molecule has 0 N–H and O–H groups in total. The first-order chi connectivity index (χ1) is 18.4. The Kier molecular flexibility index (Phi) is 3.56. The molecule has 2 nitrogen and oxygen atoms in total. The van der Waals surface area contributed by atoms with Gasteiger partial charge in [0.15, 0.2) is 0 Å². The first-order valence-corrected chi connectivity index (χ1v) is 12.7. The second kappa shape index (κ2) is 6.83. The van der Waals surface area contributed by atoms with Gasteiger partial charge < -0.3 is 4.40 Å². The number of para-hydroxylation sites is 1. The molecule has 0 aliphatic heterocycles. The third-order valence-electron chi connectivity index (χ3n) is 8.14. The van der Waals surface area contributed by atoms with Crippen LogP contribution in [0.15, 0.2) is 121 Å². The summed E-state index contributed by atoms with van der Waals surface area (Å²) in [7, 11) is 0. The molecule has 2 heteroatoms. The van der Waals surface area contributed by atoms with Crippen LogP contribution < -0.4 is 0 Å². The summed E-state index contributed by atoms with van der Waals surface area (Å²) in [5.74, 6) is 0. The second-order valence-electron chi connectivity index (χ2n) is 9.96. The molecule has 0 aliphatic carbocycles. The monoisotopic (exact) mass is 468 g/mol. The molecule has 9 rings (SSSR count). The van der Waals surface area contributed by atoms with Crippen molar-refractivity contribution in [2.45, 2.75) is 0 Å². The third-order valence-corrected chi connectivity index (χ3v) is 8.14. The van der Waals surface area contributed by atoms with Crippen LogP contribution in [0.5, 0.6) is 0 Å². The maximum atomic E-state index is 4.81. The Morgan fingerprint density at radius 3 is 2.03 bits per heavy atom. The van der Waals surface area contributed by atoms with Crippen LogP contribution >= 0.6 is 0 Å². The van der Waals surface area contributed by atoms with Gasteiger partial charge in [0.05, 0.1) is 22.1 Å². The summed E-state index contributed by atoms with van der Waals surface area (Å²) in [6, 6.07) is 41.9. The lowest BCUT2D eigenvalue weighted by atomic mass is 9.95. The zero-order valence-electron chi connectivity index (χ0n) is 19.9. The lowest BCUT2D eigenvalue weighted by molar-refractivity contribution is 1.37. The Morgan fingerprint density at radius 2 is 1.14 bits per heavy atom. The van der Waals surface area contributed by atoms with Crippen molar-refractivity contribution in [1.29, 1.82) is 0 Å². The van der Waals surface area contributed by atoms with Crippen molar-refractivity contribution in [3.05, 3.63) is 121 Å². The molecule has 0 aliphatic rings. The van der Waals surface area contributed by atoms with Crippen LogP contribution in [0.4, 0.5) is 0 Å². The van der Waals surface area contributed by atoms with Gasteiger partial charge in [0.1, 0.15) is 0 Å². The van der Waals surface area contributed by atoms with Gasteiger partial charge in [0, 0.05) is 44.1 Å². The number of rotatable bonds is 2. The number of hydrogen-bond donors (Lipinski definition) is 0. The van der Waals surface area contributed by atoms with Crippen LogP contribution in [0.2, 0.25) is 0 Å². The van der Waals surface area contributed by atoms with E-state index in [0.717, 1.165) is 5.52 Å². The van der Waals surface area contributed by atoms with Crippen LogP contribution in [0.3, 0.4) is 0 Å². The molecule has 3 aromatic heterocycles. The van der Waals surface area contributed by atoms with Gasteiger partial charge in [-0.25, -0.2) is 0 Å². The summed E-state index contributed by atoms with van der Waals surface area (Å²) in [6.07, 6.45) is 1.91. The van der Waals surface area contributed by atoms with Gasteiger partial charge in [-0.2, -0.15) is 0 Å². The minimum atomic E-state index is 1.08. The fourth-order valence-corrected chi connectivity index (χ4v) is 6.60. The van der Waals surface area contributed by atoms with E-state index in [-0.39, 0.29) is 0 Å². The van der Waals surface area contributed by atoms with E-state index >= 15 is 0 Å². The molecule has 170 valence electrons. The van der Waals surface area contributed by atoms with E-state index in [1.165, 1.54) is 76.5 Å². The van der Waals surface area contributed by atoms with E-state index in [9.17, 15) is 0 Å². The van der Waals surface area contributed by atoms with E-state index in [1.807, 2.05) is 12.3 Å². The lowest BCUT2D eigenvalue weighted by Crippen LogP contribution is -1.87. The first kappa shape index (κ1) is 19.3. The molecule has 6 aromatic carbocycles. The molecule has 0 atom stereocenters. The quantitative estimate of drug-likeness (QED) is 0.231. The molecule has 0 unspecified atom stereocenters. The average Bonchev–Trinajstić information content (AvgIpc) is 3.50. The number of pyridine rings is 1. The van der Waals surface area contributed by atoms with E-state index in [4.69, 9.17) is 4.98 Å². The molecule has 0 spiro atoms. The summed E-state index contributed by atoms with van der Waals surface area (Å²) in [5.41, 5.74) is 9.90. The van der Waals surface area contributed by atoms with E-state index in [1.54, 1.807) is 0 Å². The third kappa shape index (κ3) is 2.37. The Hall–Kier alpha value is -4.95. The minimum absolute atomic E-state index is 1.08. The van der Waals surface area contributed by atoms with Crippen LogP contribution in [-0.2, 0) is 0 Å². The highest BCUT2D eigenvalue weighted by Crippen LogP contribution is 2.48. The van der Waals surface area contributed by atoms with Crippen molar-refractivity contribution < 1.29 is 0 Å². The minimum Gasteiger partial charge on any atom is -0.307 e. The van der Waals surface area contributed by atoms with Crippen LogP contribution in [0.1, 0.15) is 0 Å². The molecule has 0 amide bonds. The fraction of sp³-hybridized carbons (Fsp3) is 0. The standard InChI is InChI=1S/C35H20N2/c1-2-7-21(8-3-1)22-14-16-23(17-15-22)24-9-4-10-27-28-19-18-25-26-12-6-20-36-33(26)29-11-5-13-30-31(29)32(25)35(28)37(30)34(24)27/h1-20H. The molecular formula is C35H20N2. The van der Waals surface area contributed by atoms with Crippen LogP contribution in [0.25, 0.3) is 82.0 Å². The number of nitrogens with zero attached hydrogens (tertiary/aromatic N) is 2. The molecular weight excluding hydrogens is 448 g/mol. The molecule has 0 bridgehead atoms. The molecule has 0 radical (unpaired) electrons. The molecule has 9 aromatic rings. The first-order valence-electron chi connectivity index (χ1n) is 12.7. The number of fused-ring (bicyclic) bond motifs is 7. The number of aromatic nitrogens is 2. The smallest absolute Gasteiger partial charge is 0.0787 e. The molecule has 37 heavy (non-hydrogen) atoms. The summed E-state index contributed by atoms with van der Waals surface area (Å²) >= 11 is 0. The predicted octanol–water partition coefficient (Wildman–Crippen LogP) is 9.31. The molecule has 0 saturated heterocycles. The molecule has 0 fully saturated rings. The number of hydrogen-bond acceptors (Lipinski definition) is 1. The topological polar surface area (TPSA) is 17.3 Å². The van der Waals surface area contributed by atoms with Gasteiger partial charge in [-0.05, 0) is 34.2 Å². The zero-order chi connectivity index (χ0) is 24.1. The van der Waals surface area contributed by atoms with E-state index < -0.39 is 0 Å². The average molecular weight is 469 g/mol. The Balaban J connectivity index is 1.43. The van der Waals surface area contributed by atoms with Gasteiger partial charge in [-0.3, -0.25) is 4.98 Å². The summed E-state index contributed by atoms with van der Waals surface area (Å²) in [6.45, 7) is 0. The summed E-state index contributed by atoms with van der Waals surface area (Å²) in [5, 5.41) is 9.02. The summed E-state index contributed by atoms with van der Waals surface area (Å²) < 4.78 is 2.51. The predicted molar refractivity (Wildman–Crippen MR) is 156 cm³/mol. The highest BCUT2D eigenvalue weighted by atomic mass is 14.9. The second-order valence-corrected chi connectivity index (χ2v) is 9.96. The van der Waals surface area contributed by atoms with Crippen molar-refractivity contribution in [1.82, 2.24) is 9.38 Å². The summed E-state index contributed by atoms with van der Waals surface area (Å²) in [4.78, 5) is 4.81. The van der Waals surface area contributed by atoms with Crippen molar-refractivity contribution >= 4 is 59.8 Å². The normalized spacial score (nSPS) is 12.3. The molecule has 0 saturated carbocycles. The Morgan fingerprint density at radius 1 is 0.432 bits per heavy atom. The van der Waals surface area contributed by atoms with Gasteiger partial charge in [0.25, 0.3) is 0 Å². The van der Waals surface area contributed by atoms with Crippen molar-refractivity contribution in [2.24, 2.45) is 0 Å². The zero-order valence-corrected chi connectivity index (χ0v) is 19.9. The van der Waals surface area contributed by atoms with Crippen molar-refractivity contribution in [2.75, 3.05) is 0 Å². The van der Waals surface area contributed by atoms with Crippen molar-refractivity contribution in [3.63, 3.8) is 0 Å². The maximum absolute atomic E-state index is 4.81. The molecule has 3 heterocycles. The highest BCUT2D eigenvalue weighted by Gasteiger charge is 2.24. The highest BCUT2D eigenvalue weighted by molar-refractivity contribution is 6.38. The van der Waals surface area contributed by atoms with Crippen LogP contribution in [-0.4, -0.2) is 9.38 Å². The number of benzene rings is 6. The SMILES string of the molecule is c1ccc(-c2ccc(-c3cccc4c5ccc6c7cccnc7c7cccc8c7c6c5n8c34)cc2)cc1. The van der Waals surface area contributed by atoms with Gasteiger partial charge >= 0.3 is 0 Å². The van der Waals surface area contributed by atoms with Crippen molar-refractivity contribution in [3.8, 4) is 22.3 Å². The van der Waals surface area contributed by atoms with Gasteiger partial charge in [0.2, 0.25) is 0 Å². The van der Waals surface area contributed by atoms with E-state index in [2.05, 4.69) is 114 Å². The maximum Gasteiger partial charge on any atom is 0.0787 e. The van der Waals surface area contributed by atoms with E-state index in [0.29, 0.717) is 0 Å². The van der Waals surface area contributed by atoms with Gasteiger partial charge in [-0.15, -0.1) is 0 Å². The largest absolute Gasteiger partial charge is 0.307 e. The Bertz CT molecular complexity index is 2270.